The number of methoxy groups -OCH3 is 1. The fraction of sp³-hybridized carbons (Fsp3) is 0.667. The lowest BCUT2D eigenvalue weighted by atomic mass is 10.2. The molecular formula is C12H21NO2. The number of aliphatic hydroxyl groups excluding tert-OH is 1. The van der Waals surface area contributed by atoms with Gasteiger partial charge in [0.2, 0.25) is 0 Å². The Labute approximate surface area is 91.7 Å². The van der Waals surface area contributed by atoms with E-state index in [4.69, 9.17) is 4.74 Å². The first-order chi connectivity index (χ1) is 7.24. The van der Waals surface area contributed by atoms with E-state index in [9.17, 15) is 5.11 Å². The molecule has 0 bridgehead atoms. The average molecular weight is 211 g/mol. The number of hydrogen-bond acceptors (Lipinski definition) is 2. The summed E-state index contributed by atoms with van der Waals surface area (Å²) in [5.74, 6) is 0. The molecule has 0 spiro atoms. The second-order valence-electron chi connectivity index (χ2n) is 3.84. The Morgan fingerprint density at radius 1 is 1.40 bits per heavy atom. The summed E-state index contributed by atoms with van der Waals surface area (Å²) >= 11 is 0. The largest absolute Gasteiger partial charge is 0.390 e. The Morgan fingerprint density at radius 2 is 2.07 bits per heavy atom. The zero-order valence-electron chi connectivity index (χ0n) is 9.86. The Kier molecular flexibility index (Phi) is 4.85. The van der Waals surface area contributed by atoms with Crippen molar-refractivity contribution in [3.63, 3.8) is 0 Å². The van der Waals surface area contributed by atoms with E-state index in [2.05, 4.69) is 24.5 Å². The Hall–Kier alpha value is -0.800. The molecule has 1 rings (SSSR count). The highest BCUT2D eigenvalue weighted by molar-refractivity contribution is 5.17. The lowest BCUT2D eigenvalue weighted by Gasteiger charge is -2.18. The van der Waals surface area contributed by atoms with Crippen molar-refractivity contribution in [3.8, 4) is 0 Å². The third-order valence-electron chi connectivity index (χ3n) is 2.84. The predicted molar refractivity (Wildman–Crippen MR) is 60.9 cm³/mol. The van der Waals surface area contributed by atoms with Crippen LogP contribution in [0.5, 0.6) is 0 Å². The van der Waals surface area contributed by atoms with Crippen LogP contribution in [-0.2, 0) is 17.8 Å². The molecule has 1 aromatic heterocycles. The van der Waals surface area contributed by atoms with E-state index in [0.717, 1.165) is 25.1 Å². The predicted octanol–water partition coefficient (Wildman–Crippen LogP) is 2.14. The van der Waals surface area contributed by atoms with Crippen LogP contribution in [0.1, 0.15) is 37.7 Å². The summed E-state index contributed by atoms with van der Waals surface area (Å²) in [6, 6.07) is 4.52. The molecule has 0 fully saturated rings. The molecule has 0 aliphatic carbocycles. The number of ether oxygens (including phenoxy) is 1. The molecule has 0 radical (unpaired) electrons. The number of nitrogens with zero attached hydrogens (tertiary/aromatic N) is 1. The third kappa shape index (κ3) is 2.83. The van der Waals surface area contributed by atoms with E-state index in [1.165, 1.54) is 5.69 Å². The van der Waals surface area contributed by atoms with Crippen LogP contribution in [-0.4, -0.2) is 23.4 Å². The van der Waals surface area contributed by atoms with Gasteiger partial charge in [0.15, 0.2) is 0 Å². The highest BCUT2D eigenvalue weighted by atomic mass is 16.5. The van der Waals surface area contributed by atoms with Gasteiger partial charge >= 0.3 is 0 Å². The molecule has 1 N–H and O–H groups in total. The lowest BCUT2D eigenvalue weighted by Crippen LogP contribution is -2.12. The van der Waals surface area contributed by atoms with Crippen molar-refractivity contribution in [2.75, 3.05) is 13.7 Å². The van der Waals surface area contributed by atoms with Crippen LogP contribution in [0.15, 0.2) is 12.1 Å². The third-order valence-corrected chi connectivity index (χ3v) is 2.84. The standard InChI is InChI=1S/C12H21NO2/c1-4-10(2)13-11(7-8-15-3)5-6-12(13)9-14/h5-6,10,14H,4,7-9H2,1-3H3/t10-/m1/s1. The van der Waals surface area contributed by atoms with Gasteiger partial charge < -0.3 is 14.4 Å². The lowest BCUT2D eigenvalue weighted by molar-refractivity contribution is 0.199. The maximum absolute atomic E-state index is 9.25. The van der Waals surface area contributed by atoms with Crippen molar-refractivity contribution in [1.82, 2.24) is 4.57 Å². The van der Waals surface area contributed by atoms with Crippen LogP contribution < -0.4 is 0 Å². The molecule has 0 aliphatic rings. The van der Waals surface area contributed by atoms with Crippen LogP contribution in [0.25, 0.3) is 0 Å². The van der Waals surface area contributed by atoms with Crippen molar-refractivity contribution >= 4 is 0 Å². The summed E-state index contributed by atoms with van der Waals surface area (Å²) in [7, 11) is 1.71. The molecule has 15 heavy (non-hydrogen) atoms. The summed E-state index contributed by atoms with van der Waals surface area (Å²) in [4.78, 5) is 0. The molecule has 0 aliphatic heterocycles. The van der Waals surface area contributed by atoms with Gasteiger partial charge in [-0.05, 0) is 25.5 Å². The number of aromatic nitrogens is 1. The summed E-state index contributed by atoms with van der Waals surface area (Å²) in [5.41, 5.74) is 2.24. The van der Waals surface area contributed by atoms with E-state index < -0.39 is 0 Å². The molecule has 1 atom stereocenters. The van der Waals surface area contributed by atoms with Crippen molar-refractivity contribution in [3.05, 3.63) is 23.5 Å². The van der Waals surface area contributed by atoms with Gasteiger partial charge in [0.25, 0.3) is 0 Å². The van der Waals surface area contributed by atoms with Gasteiger partial charge in [-0.1, -0.05) is 6.92 Å². The normalized spacial score (nSPS) is 13.1. The minimum absolute atomic E-state index is 0.108. The van der Waals surface area contributed by atoms with Gasteiger partial charge in [0, 0.05) is 31.0 Å². The Balaban J connectivity index is 2.89. The smallest absolute Gasteiger partial charge is 0.0833 e. The quantitative estimate of drug-likeness (QED) is 0.782. The number of rotatable bonds is 6. The fourth-order valence-electron chi connectivity index (χ4n) is 1.83. The summed E-state index contributed by atoms with van der Waals surface area (Å²) in [6.07, 6.45) is 1.97. The van der Waals surface area contributed by atoms with Crippen molar-refractivity contribution in [2.24, 2.45) is 0 Å². The molecule has 1 aromatic rings. The molecule has 0 unspecified atom stereocenters. The minimum atomic E-state index is 0.108. The molecule has 3 nitrogen and oxygen atoms in total. The maximum atomic E-state index is 9.25. The summed E-state index contributed by atoms with van der Waals surface area (Å²) in [5, 5.41) is 9.25. The molecule has 0 saturated heterocycles. The molecule has 1 heterocycles. The first-order valence-corrected chi connectivity index (χ1v) is 5.53. The first-order valence-electron chi connectivity index (χ1n) is 5.53. The van der Waals surface area contributed by atoms with Crippen LogP contribution in [0, 0.1) is 0 Å². The molecule has 0 saturated carbocycles. The maximum Gasteiger partial charge on any atom is 0.0833 e. The van der Waals surface area contributed by atoms with Crippen LogP contribution in [0.4, 0.5) is 0 Å². The summed E-state index contributed by atoms with van der Waals surface area (Å²) < 4.78 is 7.30. The van der Waals surface area contributed by atoms with Gasteiger partial charge in [0.05, 0.1) is 13.2 Å². The highest BCUT2D eigenvalue weighted by Gasteiger charge is 2.11. The Bertz CT molecular complexity index is 294. The second kappa shape index (κ2) is 5.93. The first kappa shape index (κ1) is 12.3. The van der Waals surface area contributed by atoms with E-state index in [0.29, 0.717) is 6.04 Å². The van der Waals surface area contributed by atoms with E-state index in [1.807, 2.05) is 6.07 Å². The van der Waals surface area contributed by atoms with Crippen LogP contribution >= 0.6 is 0 Å². The zero-order chi connectivity index (χ0) is 11.3. The average Bonchev–Trinajstić information content (AvgIpc) is 2.68. The molecule has 3 heteroatoms. The number of aliphatic hydroxyl groups is 1. The van der Waals surface area contributed by atoms with Crippen molar-refractivity contribution in [1.29, 1.82) is 0 Å². The van der Waals surface area contributed by atoms with Gasteiger partial charge in [-0.15, -0.1) is 0 Å². The Morgan fingerprint density at radius 3 is 2.60 bits per heavy atom. The molecule has 0 aromatic carbocycles. The fourth-order valence-corrected chi connectivity index (χ4v) is 1.83. The number of hydrogen-bond donors (Lipinski definition) is 1. The van der Waals surface area contributed by atoms with Crippen molar-refractivity contribution in [2.45, 2.75) is 39.3 Å². The molecule has 0 amide bonds. The molecule has 86 valence electrons. The van der Waals surface area contributed by atoms with Gasteiger partial charge in [-0.2, -0.15) is 0 Å². The minimum Gasteiger partial charge on any atom is -0.390 e. The van der Waals surface area contributed by atoms with Crippen LogP contribution in [0.2, 0.25) is 0 Å². The van der Waals surface area contributed by atoms with Gasteiger partial charge in [0.1, 0.15) is 0 Å². The zero-order valence-corrected chi connectivity index (χ0v) is 9.86. The summed E-state index contributed by atoms with van der Waals surface area (Å²) in [6.45, 7) is 5.17. The van der Waals surface area contributed by atoms with E-state index in [-0.39, 0.29) is 6.61 Å². The van der Waals surface area contributed by atoms with E-state index >= 15 is 0 Å². The van der Waals surface area contributed by atoms with Gasteiger partial charge in [-0.25, -0.2) is 0 Å². The topological polar surface area (TPSA) is 34.4 Å². The molecular weight excluding hydrogens is 190 g/mol. The second-order valence-corrected chi connectivity index (χ2v) is 3.84. The van der Waals surface area contributed by atoms with Crippen molar-refractivity contribution < 1.29 is 9.84 Å². The SMILES string of the molecule is CC[C@@H](C)n1c(CO)ccc1CCOC. The highest BCUT2D eigenvalue weighted by Crippen LogP contribution is 2.19. The van der Waals surface area contributed by atoms with Crippen LogP contribution in [0.3, 0.4) is 0 Å². The van der Waals surface area contributed by atoms with Gasteiger partial charge in [-0.3, -0.25) is 0 Å². The monoisotopic (exact) mass is 211 g/mol. The van der Waals surface area contributed by atoms with E-state index in [1.54, 1.807) is 7.11 Å².